The second-order valence-electron chi connectivity index (χ2n) is 4.21. The Kier molecular flexibility index (Phi) is 3.42. The third kappa shape index (κ3) is 2.30. The van der Waals surface area contributed by atoms with Crippen LogP contribution < -0.4 is 5.73 Å². The maximum absolute atomic E-state index is 5.84. The van der Waals surface area contributed by atoms with E-state index in [9.17, 15) is 0 Å². The van der Waals surface area contributed by atoms with Gasteiger partial charge in [0, 0.05) is 12.1 Å². The second-order valence-corrected chi connectivity index (χ2v) is 4.21. The van der Waals surface area contributed by atoms with Crippen molar-refractivity contribution >= 4 is 5.88 Å². The van der Waals surface area contributed by atoms with Gasteiger partial charge in [0.15, 0.2) is 0 Å². The first-order valence-corrected chi connectivity index (χ1v) is 5.90. The SMILES string of the molecule is CCCC(C)c1noc(N)c1-c1ccccn1. The molecule has 0 fully saturated rings. The molecule has 4 heteroatoms. The Morgan fingerprint density at radius 2 is 2.24 bits per heavy atom. The normalized spacial score (nSPS) is 12.6. The highest BCUT2D eigenvalue weighted by Crippen LogP contribution is 2.34. The molecule has 2 aromatic rings. The van der Waals surface area contributed by atoms with Gasteiger partial charge in [0.05, 0.1) is 17.0 Å². The molecular weight excluding hydrogens is 214 g/mol. The van der Waals surface area contributed by atoms with Crippen molar-refractivity contribution in [2.75, 3.05) is 5.73 Å². The van der Waals surface area contributed by atoms with Crippen LogP contribution in [0.25, 0.3) is 11.3 Å². The second kappa shape index (κ2) is 4.99. The van der Waals surface area contributed by atoms with E-state index in [0.717, 1.165) is 29.8 Å². The fourth-order valence-electron chi connectivity index (χ4n) is 1.99. The zero-order valence-corrected chi connectivity index (χ0v) is 10.2. The minimum absolute atomic E-state index is 0.332. The lowest BCUT2D eigenvalue weighted by atomic mass is 9.97. The van der Waals surface area contributed by atoms with Crippen LogP contribution in [0, 0.1) is 0 Å². The molecule has 0 aliphatic carbocycles. The highest BCUT2D eigenvalue weighted by molar-refractivity contribution is 5.72. The quantitative estimate of drug-likeness (QED) is 0.877. The van der Waals surface area contributed by atoms with Gasteiger partial charge >= 0.3 is 0 Å². The van der Waals surface area contributed by atoms with E-state index in [2.05, 4.69) is 24.0 Å². The van der Waals surface area contributed by atoms with E-state index in [4.69, 9.17) is 10.3 Å². The topological polar surface area (TPSA) is 64.9 Å². The fourth-order valence-corrected chi connectivity index (χ4v) is 1.99. The first-order valence-electron chi connectivity index (χ1n) is 5.90. The van der Waals surface area contributed by atoms with E-state index in [1.54, 1.807) is 6.20 Å². The molecule has 0 spiro atoms. The summed E-state index contributed by atoms with van der Waals surface area (Å²) < 4.78 is 5.11. The molecule has 0 aliphatic heterocycles. The first kappa shape index (κ1) is 11.6. The molecule has 2 heterocycles. The van der Waals surface area contributed by atoms with Crippen molar-refractivity contribution in [3.63, 3.8) is 0 Å². The number of anilines is 1. The Balaban J connectivity index is 2.43. The number of hydrogen-bond acceptors (Lipinski definition) is 4. The van der Waals surface area contributed by atoms with Gasteiger partial charge in [0.1, 0.15) is 0 Å². The molecule has 0 amide bonds. The van der Waals surface area contributed by atoms with E-state index in [-0.39, 0.29) is 0 Å². The van der Waals surface area contributed by atoms with Crippen LogP contribution in [0.4, 0.5) is 5.88 Å². The van der Waals surface area contributed by atoms with Gasteiger partial charge in [-0.05, 0) is 18.6 Å². The van der Waals surface area contributed by atoms with Crippen molar-refractivity contribution < 1.29 is 4.52 Å². The highest BCUT2D eigenvalue weighted by Gasteiger charge is 2.20. The summed E-state index contributed by atoms with van der Waals surface area (Å²) in [5.74, 6) is 0.680. The molecule has 17 heavy (non-hydrogen) atoms. The number of nitrogens with two attached hydrogens (primary N) is 1. The molecule has 1 atom stereocenters. The van der Waals surface area contributed by atoms with Gasteiger partial charge in [0.25, 0.3) is 0 Å². The third-order valence-corrected chi connectivity index (χ3v) is 2.85. The van der Waals surface area contributed by atoms with E-state index in [0.29, 0.717) is 11.8 Å². The van der Waals surface area contributed by atoms with Crippen LogP contribution >= 0.6 is 0 Å². The minimum Gasteiger partial charge on any atom is -0.367 e. The van der Waals surface area contributed by atoms with Crippen LogP contribution in [0.2, 0.25) is 0 Å². The van der Waals surface area contributed by atoms with Gasteiger partial charge < -0.3 is 10.3 Å². The van der Waals surface area contributed by atoms with Gasteiger partial charge in [-0.15, -0.1) is 0 Å². The largest absolute Gasteiger partial charge is 0.367 e. The average molecular weight is 231 g/mol. The molecule has 90 valence electrons. The Labute approximate surface area is 101 Å². The first-order chi connectivity index (χ1) is 8.24. The van der Waals surface area contributed by atoms with E-state index in [1.165, 1.54) is 0 Å². The maximum Gasteiger partial charge on any atom is 0.231 e. The summed E-state index contributed by atoms with van der Waals surface area (Å²) in [4.78, 5) is 4.31. The number of aromatic nitrogens is 2. The molecular formula is C13H17N3O. The van der Waals surface area contributed by atoms with Crippen LogP contribution in [0.5, 0.6) is 0 Å². The third-order valence-electron chi connectivity index (χ3n) is 2.85. The fraction of sp³-hybridized carbons (Fsp3) is 0.385. The monoisotopic (exact) mass is 231 g/mol. The Morgan fingerprint density at radius 1 is 1.41 bits per heavy atom. The molecule has 0 bridgehead atoms. The van der Waals surface area contributed by atoms with Crippen molar-refractivity contribution in [2.45, 2.75) is 32.6 Å². The average Bonchev–Trinajstić information content (AvgIpc) is 2.73. The van der Waals surface area contributed by atoms with Crippen LogP contribution in [0.1, 0.15) is 38.3 Å². The van der Waals surface area contributed by atoms with Gasteiger partial charge in [-0.1, -0.05) is 31.5 Å². The van der Waals surface area contributed by atoms with Gasteiger partial charge in [0.2, 0.25) is 5.88 Å². The minimum atomic E-state index is 0.332. The standard InChI is InChI=1S/C13H17N3O/c1-3-6-9(2)12-11(13(14)17-16-12)10-7-4-5-8-15-10/h4-5,7-9H,3,6,14H2,1-2H3. The molecule has 0 saturated carbocycles. The lowest BCUT2D eigenvalue weighted by Gasteiger charge is -2.08. The number of rotatable bonds is 4. The molecule has 0 saturated heterocycles. The zero-order valence-electron chi connectivity index (χ0n) is 10.2. The molecule has 0 radical (unpaired) electrons. The van der Waals surface area contributed by atoms with Crippen molar-refractivity contribution in [2.24, 2.45) is 0 Å². The maximum atomic E-state index is 5.84. The van der Waals surface area contributed by atoms with Crippen molar-refractivity contribution in [3.8, 4) is 11.3 Å². The van der Waals surface area contributed by atoms with Crippen LogP contribution in [0.15, 0.2) is 28.9 Å². The van der Waals surface area contributed by atoms with E-state index < -0.39 is 0 Å². The lowest BCUT2D eigenvalue weighted by Crippen LogP contribution is -1.97. The summed E-state index contributed by atoms with van der Waals surface area (Å²) in [6, 6.07) is 5.73. The van der Waals surface area contributed by atoms with Crippen molar-refractivity contribution in [3.05, 3.63) is 30.1 Å². The van der Waals surface area contributed by atoms with E-state index in [1.807, 2.05) is 18.2 Å². The van der Waals surface area contributed by atoms with Crippen LogP contribution in [0.3, 0.4) is 0 Å². The number of hydrogen-bond donors (Lipinski definition) is 1. The van der Waals surface area contributed by atoms with Gasteiger partial charge in [-0.2, -0.15) is 0 Å². The predicted octanol–water partition coefficient (Wildman–Crippen LogP) is 3.22. The van der Waals surface area contributed by atoms with Crippen molar-refractivity contribution in [1.29, 1.82) is 0 Å². The molecule has 2 aromatic heterocycles. The van der Waals surface area contributed by atoms with Gasteiger partial charge in [-0.3, -0.25) is 4.98 Å². The summed E-state index contributed by atoms with van der Waals surface area (Å²) in [5, 5.41) is 4.07. The molecule has 2 N–H and O–H groups in total. The molecule has 4 nitrogen and oxygen atoms in total. The van der Waals surface area contributed by atoms with Crippen LogP contribution in [-0.4, -0.2) is 10.1 Å². The number of pyridine rings is 1. The molecule has 0 aromatic carbocycles. The van der Waals surface area contributed by atoms with Crippen LogP contribution in [-0.2, 0) is 0 Å². The summed E-state index contributed by atoms with van der Waals surface area (Å²) in [6.45, 7) is 4.29. The Hall–Kier alpha value is -1.84. The summed E-state index contributed by atoms with van der Waals surface area (Å²) in [7, 11) is 0. The molecule has 1 unspecified atom stereocenters. The van der Waals surface area contributed by atoms with E-state index >= 15 is 0 Å². The Morgan fingerprint density at radius 3 is 2.88 bits per heavy atom. The lowest BCUT2D eigenvalue weighted by molar-refractivity contribution is 0.419. The number of nitrogen functional groups attached to an aromatic ring is 1. The summed E-state index contributed by atoms with van der Waals surface area (Å²) >= 11 is 0. The van der Waals surface area contributed by atoms with Gasteiger partial charge in [-0.25, -0.2) is 0 Å². The zero-order chi connectivity index (χ0) is 12.3. The highest BCUT2D eigenvalue weighted by atomic mass is 16.5. The predicted molar refractivity (Wildman–Crippen MR) is 67.5 cm³/mol. The summed E-state index contributed by atoms with van der Waals surface area (Å²) in [5.41, 5.74) is 8.41. The molecule has 2 rings (SSSR count). The Bertz CT molecular complexity index is 479. The molecule has 0 aliphatic rings. The summed E-state index contributed by atoms with van der Waals surface area (Å²) in [6.07, 6.45) is 3.91. The van der Waals surface area contributed by atoms with Crippen molar-refractivity contribution in [1.82, 2.24) is 10.1 Å². The smallest absolute Gasteiger partial charge is 0.231 e. The number of nitrogens with zero attached hydrogens (tertiary/aromatic N) is 2.